The molecule has 6 heteroatoms. The van der Waals surface area contributed by atoms with Gasteiger partial charge in [-0.15, -0.1) is 0 Å². The summed E-state index contributed by atoms with van der Waals surface area (Å²) < 4.78 is 0. The average Bonchev–Trinajstić information content (AvgIpc) is 2.23. The third-order valence-electron chi connectivity index (χ3n) is 2.18. The van der Waals surface area contributed by atoms with Gasteiger partial charge in [-0.1, -0.05) is 13.3 Å². The number of hydrogen-bond acceptors (Lipinski definition) is 3. The van der Waals surface area contributed by atoms with Crippen LogP contribution in [0.15, 0.2) is 0 Å². The van der Waals surface area contributed by atoms with Gasteiger partial charge in [0.2, 0.25) is 17.7 Å². The van der Waals surface area contributed by atoms with Gasteiger partial charge in [0.1, 0.15) is 6.04 Å². The molecule has 0 radical (unpaired) electrons. The molecule has 0 saturated heterocycles. The molecule has 0 spiro atoms. The van der Waals surface area contributed by atoms with Gasteiger partial charge in [-0.2, -0.15) is 0 Å². The number of nitrogens with zero attached hydrogens (tertiary/aromatic N) is 1. The first-order valence-corrected chi connectivity index (χ1v) is 5.63. The van der Waals surface area contributed by atoms with Gasteiger partial charge in [0.15, 0.2) is 0 Å². The van der Waals surface area contributed by atoms with Crippen molar-refractivity contribution in [3.8, 4) is 0 Å². The Morgan fingerprint density at radius 3 is 2.24 bits per heavy atom. The summed E-state index contributed by atoms with van der Waals surface area (Å²) in [5, 5.41) is 5.07. The Balaban J connectivity index is 4.23. The normalized spacial score (nSPS) is 11.5. The molecule has 98 valence electrons. The van der Waals surface area contributed by atoms with E-state index in [-0.39, 0.29) is 24.3 Å². The van der Waals surface area contributed by atoms with Crippen molar-refractivity contribution in [1.29, 1.82) is 0 Å². The van der Waals surface area contributed by atoms with Crippen LogP contribution < -0.4 is 10.6 Å². The largest absolute Gasteiger partial charge is 0.347 e. The van der Waals surface area contributed by atoms with Crippen LogP contribution in [0.1, 0.15) is 26.7 Å². The smallest absolute Gasteiger partial charge is 0.243 e. The minimum atomic E-state index is -0.563. The van der Waals surface area contributed by atoms with Crippen LogP contribution in [0.5, 0.6) is 0 Å². The first-order valence-electron chi connectivity index (χ1n) is 5.63. The van der Waals surface area contributed by atoms with Crippen LogP contribution in [0.4, 0.5) is 0 Å². The molecule has 1 atom stereocenters. The lowest BCUT2D eigenvalue weighted by atomic mass is 10.1. The van der Waals surface area contributed by atoms with E-state index in [4.69, 9.17) is 0 Å². The predicted octanol–water partition coefficient (Wildman–Crippen LogP) is -0.504. The molecule has 0 saturated carbocycles. The van der Waals surface area contributed by atoms with E-state index in [1.807, 2.05) is 6.92 Å². The maximum atomic E-state index is 11.7. The predicted molar refractivity (Wildman–Crippen MR) is 64.2 cm³/mol. The first-order chi connectivity index (χ1) is 7.88. The Morgan fingerprint density at radius 2 is 1.82 bits per heavy atom. The molecule has 0 aromatic carbocycles. The van der Waals surface area contributed by atoms with Crippen LogP contribution in [-0.4, -0.2) is 49.3 Å². The molecule has 0 heterocycles. The summed E-state index contributed by atoms with van der Waals surface area (Å²) in [6.45, 7) is 3.24. The number of likely N-dealkylation sites (N-methyl/N-ethyl adjacent to an activating group) is 1. The first kappa shape index (κ1) is 15.4. The summed E-state index contributed by atoms with van der Waals surface area (Å²) in [5.41, 5.74) is 0. The molecule has 3 amide bonds. The second kappa shape index (κ2) is 7.65. The molecule has 2 N–H and O–H groups in total. The summed E-state index contributed by atoms with van der Waals surface area (Å²) >= 11 is 0. The second-order valence-corrected chi connectivity index (χ2v) is 4.05. The molecule has 0 aromatic heterocycles. The summed E-state index contributed by atoms with van der Waals surface area (Å²) in [7, 11) is 3.23. The number of carbonyl (C=O) groups is 3. The van der Waals surface area contributed by atoms with Gasteiger partial charge in [-0.3, -0.25) is 14.4 Å². The maximum Gasteiger partial charge on any atom is 0.243 e. The third-order valence-corrected chi connectivity index (χ3v) is 2.18. The molecular weight excluding hydrogens is 222 g/mol. The van der Waals surface area contributed by atoms with Crippen molar-refractivity contribution in [1.82, 2.24) is 15.5 Å². The van der Waals surface area contributed by atoms with E-state index >= 15 is 0 Å². The van der Waals surface area contributed by atoms with Crippen molar-refractivity contribution in [3.63, 3.8) is 0 Å². The molecule has 0 unspecified atom stereocenters. The highest BCUT2D eigenvalue weighted by molar-refractivity contribution is 5.89. The van der Waals surface area contributed by atoms with Gasteiger partial charge >= 0.3 is 0 Å². The molecule has 0 rings (SSSR count). The van der Waals surface area contributed by atoms with Gasteiger partial charge in [0, 0.05) is 21.0 Å². The molecule has 0 aliphatic carbocycles. The Bertz CT molecular complexity index is 290. The second-order valence-electron chi connectivity index (χ2n) is 4.05. The maximum absolute atomic E-state index is 11.7. The molecule has 0 aliphatic rings. The SMILES string of the molecule is CCC[C@@H](NC(C)=O)C(=O)NCC(=O)N(C)C. The lowest BCUT2D eigenvalue weighted by Crippen LogP contribution is -2.48. The Labute approximate surface area is 102 Å². The fraction of sp³-hybridized carbons (Fsp3) is 0.727. The van der Waals surface area contributed by atoms with Crippen LogP contribution >= 0.6 is 0 Å². The van der Waals surface area contributed by atoms with E-state index in [0.29, 0.717) is 6.42 Å². The van der Waals surface area contributed by atoms with Crippen molar-refractivity contribution in [3.05, 3.63) is 0 Å². The number of nitrogens with one attached hydrogen (secondary N) is 2. The molecule has 17 heavy (non-hydrogen) atoms. The number of carbonyl (C=O) groups excluding carboxylic acids is 3. The van der Waals surface area contributed by atoms with Gasteiger partial charge in [-0.05, 0) is 6.42 Å². The van der Waals surface area contributed by atoms with E-state index < -0.39 is 6.04 Å². The zero-order chi connectivity index (χ0) is 13.4. The summed E-state index contributed by atoms with van der Waals surface area (Å²) in [6, 6.07) is -0.563. The van der Waals surface area contributed by atoms with Crippen molar-refractivity contribution in [2.24, 2.45) is 0 Å². The summed E-state index contributed by atoms with van der Waals surface area (Å²) in [4.78, 5) is 35.3. The summed E-state index contributed by atoms with van der Waals surface area (Å²) in [5.74, 6) is -0.758. The number of amides is 3. The van der Waals surface area contributed by atoms with Gasteiger partial charge in [0.05, 0.1) is 6.54 Å². The minimum Gasteiger partial charge on any atom is -0.347 e. The topological polar surface area (TPSA) is 78.5 Å². The molecular formula is C11H21N3O3. The Morgan fingerprint density at radius 1 is 1.24 bits per heavy atom. The molecule has 0 fully saturated rings. The van der Waals surface area contributed by atoms with Crippen LogP contribution in [0.3, 0.4) is 0 Å². The molecule has 0 aliphatic heterocycles. The fourth-order valence-corrected chi connectivity index (χ4v) is 1.25. The lowest BCUT2D eigenvalue weighted by Gasteiger charge is -2.17. The highest BCUT2D eigenvalue weighted by Crippen LogP contribution is 1.96. The highest BCUT2D eigenvalue weighted by Gasteiger charge is 2.18. The summed E-state index contributed by atoms with van der Waals surface area (Å²) in [6.07, 6.45) is 1.33. The molecule has 6 nitrogen and oxygen atoms in total. The monoisotopic (exact) mass is 243 g/mol. The van der Waals surface area contributed by atoms with Gasteiger partial charge in [-0.25, -0.2) is 0 Å². The van der Waals surface area contributed by atoms with Crippen LogP contribution in [0.2, 0.25) is 0 Å². The molecule has 0 aromatic rings. The van der Waals surface area contributed by atoms with Crippen molar-refractivity contribution in [2.75, 3.05) is 20.6 Å². The van der Waals surface area contributed by atoms with E-state index in [0.717, 1.165) is 6.42 Å². The van der Waals surface area contributed by atoms with Crippen molar-refractivity contribution >= 4 is 17.7 Å². The zero-order valence-electron chi connectivity index (χ0n) is 10.9. The van der Waals surface area contributed by atoms with Gasteiger partial charge in [0.25, 0.3) is 0 Å². The van der Waals surface area contributed by atoms with Gasteiger partial charge < -0.3 is 15.5 Å². The quantitative estimate of drug-likeness (QED) is 0.660. The number of rotatable bonds is 6. The zero-order valence-corrected chi connectivity index (χ0v) is 10.9. The lowest BCUT2D eigenvalue weighted by molar-refractivity contribution is -0.132. The van der Waals surface area contributed by atoms with Crippen LogP contribution in [-0.2, 0) is 14.4 Å². The average molecular weight is 243 g/mol. The number of hydrogen-bond donors (Lipinski definition) is 2. The Kier molecular flexibility index (Phi) is 6.93. The highest BCUT2D eigenvalue weighted by atomic mass is 16.2. The van der Waals surface area contributed by atoms with Crippen LogP contribution in [0.25, 0.3) is 0 Å². The van der Waals surface area contributed by atoms with E-state index in [1.165, 1.54) is 11.8 Å². The third kappa shape index (κ3) is 6.55. The van der Waals surface area contributed by atoms with E-state index in [2.05, 4.69) is 10.6 Å². The van der Waals surface area contributed by atoms with Crippen LogP contribution in [0, 0.1) is 0 Å². The fourth-order valence-electron chi connectivity index (χ4n) is 1.25. The Hall–Kier alpha value is -1.59. The van der Waals surface area contributed by atoms with Crippen molar-refractivity contribution in [2.45, 2.75) is 32.7 Å². The minimum absolute atomic E-state index is 0.0500. The van der Waals surface area contributed by atoms with Crippen molar-refractivity contribution < 1.29 is 14.4 Å². The standard InChI is InChI=1S/C11H21N3O3/c1-5-6-9(13-8(2)15)11(17)12-7-10(16)14(3)4/h9H,5-7H2,1-4H3,(H,12,17)(H,13,15)/t9-/m1/s1. The van der Waals surface area contributed by atoms with E-state index in [9.17, 15) is 14.4 Å². The molecule has 0 bridgehead atoms. The van der Waals surface area contributed by atoms with E-state index in [1.54, 1.807) is 14.1 Å².